The molecule has 1 aromatic rings. The Hall–Kier alpha value is -1.85. The molecule has 0 radical (unpaired) electrons. The minimum absolute atomic E-state index is 0.0333. The minimum atomic E-state index is -1.19. The van der Waals surface area contributed by atoms with Gasteiger partial charge in [-0.1, -0.05) is 6.07 Å². The molecule has 0 saturated heterocycles. The van der Waals surface area contributed by atoms with Crippen LogP contribution in [0.3, 0.4) is 0 Å². The van der Waals surface area contributed by atoms with Crippen LogP contribution in [0.4, 0.5) is 0 Å². The number of phenols is 1. The van der Waals surface area contributed by atoms with Crippen LogP contribution in [0.2, 0.25) is 0 Å². The van der Waals surface area contributed by atoms with Crippen LogP contribution >= 0.6 is 0 Å². The van der Waals surface area contributed by atoms with Crippen LogP contribution in [0.15, 0.2) is 24.3 Å². The molecule has 1 saturated carbocycles. The van der Waals surface area contributed by atoms with Gasteiger partial charge in [0.25, 0.3) is 0 Å². The topological polar surface area (TPSA) is 92.8 Å². The second-order valence-electron chi connectivity index (χ2n) is 6.99. The molecule has 5 heteroatoms. The van der Waals surface area contributed by atoms with Crippen LogP contribution in [0.25, 0.3) is 0 Å². The number of rotatable bonds is 0. The third-order valence-corrected chi connectivity index (χ3v) is 6.22. The summed E-state index contributed by atoms with van der Waals surface area (Å²) in [5, 5.41) is 21.7. The van der Waals surface area contributed by atoms with Gasteiger partial charge >= 0.3 is 0 Å². The fourth-order valence-electron chi connectivity index (χ4n) is 5.27. The van der Waals surface area contributed by atoms with E-state index in [1.54, 1.807) is 12.1 Å². The van der Waals surface area contributed by atoms with Gasteiger partial charge in [0, 0.05) is 17.5 Å². The van der Waals surface area contributed by atoms with Crippen molar-refractivity contribution in [3.8, 4) is 11.5 Å². The highest BCUT2D eigenvalue weighted by Crippen LogP contribution is 2.65. The third-order valence-electron chi connectivity index (χ3n) is 6.22. The van der Waals surface area contributed by atoms with Gasteiger partial charge in [0.2, 0.25) is 0 Å². The number of hydrogen-bond donors (Lipinski definition) is 3. The fourth-order valence-corrected chi connectivity index (χ4v) is 5.27. The van der Waals surface area contributed by atoms with Crippen molar-refractivity contribution in [2.24, 2.45) is 11.7 Å². The first-order valence-electron chi connectivity index (χ1n) is 7.72. The molecule has 114 valence electrons. The van der Waals surface area contributed by atoms with Gasteiger partial charge < -0.3 is 20.7 Å². The molecule has 1 fully saturated rings. The van der Waals surface area contributed by atoms with E-state index in [4.69, 9.17) is 10.5 Å². The number of nitrogens with two attached hydrogens (primary N) is 1. The van der Waals surface area contributed by atoms with E-state index < -0.39 is 17.1 Å². The summed E-state index contributed by atoms with van der Waals surface area (Å²) in [4.78, 5) is 12.4. The van der Waals surface area contributed by atoms with Crippen molar-refractivity contribution in [1.29, 1.82) is 0 Å². The lowest BCUT2D eigenvalue weighted by atomic mass is 9.46. The molecule has 5 atom stereocenters. The number of aliphatic hydroxyl groups is 1. The third kappa shape index (κ3) is 1.08. The van der Waals surface area contributed by atoms with Crippen molar-refractivity contribution >= 4 is 5.78 Å². The van der Waals surface area contributed by atoms with Gasteiger partial charge in [-0.05, 0) is 43.0 Å². The van der Waals surface area contributed by atoms with Crippen molar-refractivity contribution in [3.05, 3.63) is 35.4 Å². The van der Waals surface area contributed by atoms with E-state index in [9.17, 15) is 15.0 Å². The van der Waals surface area contributed by atoms with Crippen molar-refractivity contribution in [3.63, 3.8) is 0 Å². The molecule has 22 heavy (non-hydrogen) atoms. The Morgan fingerprint density at radius 2 is 2.18 bits per heavy atom. The van der Waals surface area contributed by atoms with Crippen LogP contribution in [0.1, 0.15) is 24.0 Å². The molecule has 1 heterocycles. The first-order valence-corrected chi connectivity index (χ1v) is 7.72. The van der Waals surface area contributed by atoms with E-state index in [0.717, 1.165) is 17.5 Å². The van der Waals surface area contributed by atoms with Gasteiger partial charge in [-0.15, -0.1) is 0 Å². The fraction of sp³-hybridized carbons (Fsp3) is 0.471. The molecule has 0 aromatic heterocycles. The van der Waals surface area contributed by atoms with Gasteiger partial charge in [-0.25, -0.2) is 0 Å². The largest absolute Gasteiger partial charge is 0.504 e. The number of carbonyl (C=O) groups is 1. The van der Waals surface area contributed by atoms with Crippen molar-refractivity contribution in [1.82, 2.24) is 0 Å². The summed E-state index contributed by atoms with van der Waals surface area (Å²) in [5.41, 5.74) is 6.15. The number of aromatic hydroxyl groups is 1. The Morgan fingerprint density at radius 1 is 1.36 bits per heavy atom. The summed E-state index contributed by atoms with van der Waals surface area (Å²) in [7, 11) is 0. The summed E-state index contributed by atoms with van der Waals surface area (Å²) in [6, 6.07) is 3.36. The summed E-state index contributed by atoms with van der Waals surface area (Å²) in [6.45, 7) is 0. The van der Waals surface area contributed by atoms with E-state index >= 15 is 0 Å². The van der Waals surface area contributed by atoms with Crippen LogP contribution in [0, 0.1) is 5.92 Å². The Kier molecular flexibility index (Phi) is 2.04. The van der Waals surface area contributed by atoms with Crippen LogP contribution in [0.5, 0.6) is 11.5 Å². The first-order chi connectivity index (χ1) is 10.5. The molecule has 3 aliphatic carbocycles. The molecule has 4 N–H and O–H groups in total. The molecule has 2 bridgehead atoms. The number of hydrogen-bond acceptors (Lipinski definition) is 5. The number of phenolic OH excluding ortho intramolecular Hbond substituents is 1. The molecule has 1 spiro atoms. The lowest BCUT2D eigenvalue weighted by Gasteiger charge is -2.59. The molecule has 5 nitrogen and oxygen atoms in total. The highest BCUT2D eigenvalue weighted by Gasteiger charge is 2.71. The number of benzene rings is 1. The SMILES string of the molecule is NC1CC[C@]23c4c5ccc(O)c4OC2C(=O)C=C[C@@]3(O)[C@H]1C5. The van der Waals surface area contributed by atoms with Crippen molar-refractivity contribution in [2.75, 3.05) is 0 Å². The smallest absolute Gasteiger partial charge is 0.196 e. The minimum Gasteiger partial charge on any atom is -0.504 e. The first kappa shape index (κ1) is 12.7. The number of ether oxygens (including phenoxy) is 1. The lowest BCUT2D eigenvalue weighted by molar-refractivity contribution is -0.147. The summed E-state index contributed by atoms with van der Waals surface area (Å²) in [6.07, 6.45) is 4.24. The summed E-state index contributed by atoms with van der Waals surface area (Å²) >= 11 is 0. The maximum atomic E-state index is 12.4. The van der Waals surface area contributed by atoms with E-state index in [0.29, 0.717) is 18.6 Å². The normalized spacial score (nSPS) is 43.7. The molecule has 1 aromatic carbocycles. The van der Waals surface area contributed by atoms with E-state index in [-0.39, 0.29) is 23.5 Å². The Bertz CT molecular complexity index is 757. The highest BCUT2D eigenvalue weighted by atomic mass is 16.5. The highest BCUT2D eigenvalue weighted by molar-refractivity contribution is 5.98. The second-order valence-corrected chi connectivity index (χ2v) is 6.99. The Balaban J connectivity index is 1.91. The van der Waals surface area contributed by atoms with Gasteiger partial charge in [-0.3, -0.25) is 4.79 Å². The molecule has 1 aliphatic heterocycles. The zero-order valence-electron chi connectivity index (χ0n) is 12.0. The average molecular weight is 299 g/mol. The maximum absolute atomic E-state index is 12.4. The van der Waals surface area contributed by atoms with Gasteiger partial charge in [0.15, 0.2) is 23.4 Å². The molecule has 0 amide bonds. The zero-order valence-corrected chi connectivity index (χ0v) is 12.0. The Labute approximate surface area is 127 Å². The number of ketones is 1. The predicted octanol–water partition coefficient (Wildman–Crippen LogP) is 0.554. The molecule has 2 unspecified atom stereocenters. The maximum Gasteiger partial charge on any atom is 0.196 e. The van der Waals surface area contributed by atoms with E-state index in [2.05, 4.69) is 0 Å². The molecule has 5 rings (SSSR count). The quantitative estimate of drug-likeness (QED) is 0.651. The molecular formula is C17H17NO4. The monoisotopic (exact) mass is 299 g/mol. The van der Waals surface area contributed by atoms with Crippen molar-refractivity contribution in [2.45, 2.75) is 42.4 Å². The average Bonchev–Trinajstić information content (AvgIpc) is 2.85. The van der Waals surface area contributed by atoms with E-state index in [1.807, 2.05) is 6.07 Å². The standard InChI is InChI=1S/C17H17NO4/c18-10-3-5-16-13-8-1-2-11(19)14(13)22-15(16)12(20)4-6-17(16,21)9(10)7-8/h1-2,4,6,9-10,15,19,21H,3,5,7,18H2/t9-,10?,15?,16-,17+/m0/s1. The van der Waals surface area contributed by atoms with Gasteiger partial charge in [0.1, 0.15) is 5.60 Å². The van der Waals surface area contributed by atoms with E-state index in [1.165, 1.54) is 6.08 Å². The molecule has 4 aliphatic rings. The Morgan fingerprint density at radius 3 is 3.00 bits per heavy atom. The van der Waals surface area contributed by atoms with Crippen molar-refractivity contribution < 1.29 is 19.7 Å². The summed E-state index contributed by atoms with van der Waals surface area (Å²) in [5.74, 6) is 0.111. The predicted molar refractivity (Wildman–Crippen MR) is 77.7 cm³/mol. The second kappa shape index (κ2) is 3.55. The summed E-state index contributed by atoms with van der Waals surface area (Å²) < 4.78 is 5.87. The molecular weight excluding hydrogens is 282 g/mol. The van der Waals surface area contributed by atoms with Crippen LogP contribution < -0.4 is 10.5 Å². The van der Waals surface area contributed by atoms with Crippen LogP contribution in [-0.2, 0) is 16.6 Å². The zero-order chi connectivity index (χ0) is 15.3. The van der Waals surface area contributed by atoms with Gasteiger partial charge in [0.05, 0.1) is 5.41 Å². The number of carbonyl (C=O) groups excluding carboxylic acids is 1. The lowest BCUT2D eigenvalue weighted by Crippen LogP contribution is -2.71. The van der Waals surface area contributed by atoms with Gasteiger partial charge in [-0.2, -0.15) is 0 Å². The van der Waals surface area contributed by atoms with Crippen LogP contribution in [-0.4, -0.2) is 33.7 Å².